The molecule has 0 bridgehead atoms. The van der Waals surface area contributed by atoms with Gasteiger partial charge in [0.05, 0.1) is 27.3 Å². The van der Waals surface area contributed by atoms with Gasteiger partial charge in [0, 0.05) is 0 Å². The van der Waals surface area contributed by atoms with Crippen molar-refractivity contribution in [3.8, 4) is 5.69 Å². The molecule has 0 spiro atoms. The van der Waals surface area contributed by atoms with E-state index in [0.717, 1.165) is 0 Å². The number of hydrogen-bond donors (Lipinski definition) is 2. The van der Waals surface area contributed by atoms with Crippen LogP contribution in [-0.2, 0) is 10.1 Å². The van der Waals surface area contributed by atoms with Crippen molar-refractivity contribution in [1.82, 2.24) is 15.3 Å². The molecule has 1 radical (unpaired) electrons. The zero-order chi connectivity index (χ0) is 15.2. The Balaban J connectivity index is 2.31. The summed E-state index contributed by atoms with van der Waals surface area (Å²) in [6, 6.07) is 10.0. The lowest BCUT2D eigenvalue weighted by Crippen LogP contribution is -2.15. The van der Waals surface area contributed by atoms with Gasteiger partial charge in [-0.05, 0) is 36.4 Å². The maximum absolute atomic E-state index is 12.0. The zero-order valence-electron chi connectivity index (χ0n) is 10.6. The molecule has 8 heteroatoms. The molecule has 21 heavy (non-hydrogen) atoms. The van der Waals surface area contributed by atoms with E-state index in [1.165, 1.54) is 34.9 Å². The summed E-state index contributed by atoms with van der Waals surface area (Å²) in [5.74, 6) is 0. The number of imidazole rings is 1. The van der Waals surface area contributed by atoms with Crippen LogP contribution in [0.3, 0.4) is 0 Å². The standard InChI is InChI=1S/C13H10N3O4S/c14-8-4-5-12-11(6-8)15-13(17)16(12)9-2-1-3-10(7-9)21(18,19)20/h1-7,14H,(H,15,17)(H,18,19,20). The number of H-pyrrole nitrogens is 1. The van der Waals surface area contributed by atoms with Gasteiger partial charge in [0.25, 0.3) is 10.1 Å². The molecule has 1 aromatic heterocycles. The maximum Gasteiger partial charge on any atom is 0.331 e. The van der Waals surface area contributed by atoms with Crippen LogP contribution < -0.4 is 11.4 Å². The number of aromatic amines is 1. The van der Waals surface area contributed by atoms with Crippen molar-refractivity contribution in [3.63, 3.8) is 0 Å². The van der Waals surface area contributed by atoms with Crippen molar-refractivity contribution in [2.24, 2.45) is 0 Å². The van der Waals surface area contributed by atoms with Gasteiger partial charge in [-0.25, -0.2) is 4.79 Å². The molecular weight excluding hydrogens is 294 g/mol. The molecule has 0 atom stereocenters. The largest absolute Gasteiger partial charge is 0.331 e. The first-order valence-corrected chi connectivity index (χ1v) is 7.34. The molecule has 0 aliphatic carbocycles. The third-order valence-electron chi connectivity index (χ3n) is 3.06. The lowest BCUT2D eigenvalue weighted by atomic mass is 10.2. The fraction of sp³-hybridized carbons (Fsp3) is 0. The average molecular weight is 304 g/mol. The molecule has 0 saturated heterocycles. The molecule has 0 fully saturated rings. The van der Waals surface area contributed by atoms with Gasteiger partial charge in [0.1, 0.15) is 0 Å². The van der Waals surface area contributed by atoms with E-state index in [1.54, 1.807) is 12.1 Å². The first-order chi connectivity index (χ1) is 9.86. The predicted molar refractivity (Wildman–Crippen MR) is 76.5 cm³/mol. The van der Waals surface area contributed by atoms with Crippen molar-refractivity contribution in [1.29, 1.82) is 0 Å². The van der Waals surface area contributed by atoms with Gasteiger partial charge in [-0.15, -0.1) is 0 Å². The van der Waals surface area contributed by atoms with Crippen molar-refractivity contribution >= 4 is 26.8 Å². The van der Waals surface area contributed by atoms with Crippen LogP contribution in [0.5, 0.6) is 0 Å². The van der Waals surface area contributed by atoms with E-state index in [-0.39, 0.29) is 10.6 Å². The normalized spacial score (nSPS) is 11.9. The summed E-state index contributed by atoms with van der Waals surface area (Å²) in [5.41, 5.74) is 8.63. The van der Waals surface area contributed by atoms with Gasteiger partial charge in [-0.2, -0.15) is 8.42 Å². The maximum atomic E-state index is 12.0. The predicted octanol–water partition coefficient (Wildman–Crippen LogP) is 1.48. The molecule has 2 aromatic carbocycles. The molecule has 3 rings (SSSR count). The lowest BCUT2D eigenvalue weighted by molar-refractivity contribution is 0.483. The van der Waals surface area contributed by atoms with Crippen LogP contribution in [0.1, 0.15) is 0 Å². The Labute approximate surface area is 119 Å². The molecule has 3 N–H and O–H groups in total. The van der Waals surface area contributed by atoms with Crippen LogP contribution in [0.25, 0.3) is 16.7 Å². The highest BCUT2D eigenvalue weighted by Gasteiger charge is 2.13. The minimum atomic E-state index is -4.34. The second kappa shape index (κ2) is 4.47. The fourth-order valence-electron chi connectivity index (χ4n) is 2.15. The van der Waals surface area contributed by atoms with Gasteiger partial charge in [0.15, 0.2) is 0 Å². The van der Waals surface area contributed by atoms with E-state index in [9.17, 15) is 13.2 Å². The summed E-state index contributed by atoms with van der Waals surface area (Å²) in [7, 11) is -4.34. The van der Waals surface area contributed by atoms with E-state index in [1.807, 2.05) is 0 Å². The highest BCUT2D eigenvalue weighted by molar-refractivity contribution is 7.85. The topological polar surface area (TPSA) is 116 Å². The van der Waals surface area contributed by atoms with Crippen LogP contribution in [-0.4, -0.2) is 22.5 Å². The van der Waals surface area contributed by atoms with E-state index in [0.29, 0.717) is 16.7 Å². The summed E-state index contributed by atoms with van der Waals surface area (Å²) in [6.07, 6.45) is 0. The van der Waals surface area contributed by atoms with Crippen molar-refractivity contribution in [3.05, 3.63) is 52.9 Å². The van der Waals surface area contributed by atoms with Crippen molar-refractivity contribution in [2.75, 3.05) is 0 Å². The van der Waals surface area contributed by atoms with Gasteiger partial charge in [0.2, 0.25) is 0 Å². The minimum Gasteiger partial charge on any atom is -0.305 e. The van der Waals surface area contributed by atoms with Crippen molar-refractivity contribution in [2.45, 2.75) is 4.90 Å². The Morgan fingerprint density at radius 2 is 1.90 bits per heavy atom. The quantitative estimate of drug-likeness (QED) is 0.697. The van der Waals surface area contributed by atoms with Crippen LogP contribution in [0.15, 0.2) is 52.2 Å². The van der Waals surface area contributed by atoms with Gasteiger partial charge in [-0.1, -0.05) is 6.07 Å². The molecule has 0 saturated carbocycles. The number of hydrogen-bond acceptors (Lipinski definition) is 3. The number of benzene rings is 2. The Hall–Kier alpha value is -2.58. The monoisotopic (exact) mass is 304 g/mol. The molecule has 7 nitrogen and oxygen atoms in total. The summed E-state index contributed by atoms with van der Waals surface area (Å²) < 4.78 is 32.7. The second-order valence-corrected chi connectivity index (χ2v) is 5.89. The Morgan fingerprint density at radius 1 is 1.14 bits per heavy atom. The third-order valence-corrected chi connectivity index (χ3v) is 3.91. The van der Waals surface area contributed by atoms with Crippen LogP contribution in [0.4, 0.5) is 5.69 Å². The molecule has 0 aliphatic rings. The number of aromatic nitrogens is 2. The van der Waals surface area contributed by atoms with E-state index in [2.05, 4.69) is 4.98 Å². The summed E-state index contributed by atoms with van der Waals surface area (Å²) in [6.45, 7) is 0. The average Bonchev–Trinajstić information content (AvgIpc) is 2.73. The van der Waals surface area contributed by atoms with Crippen LogP contribution in [0.2, 0.25) is 0 Å². The van der Waals surface area contributed by atoms with E-state index >= 15 is 0 Å². The molecule has 107 valence electrons. The SMILES string of the molecule is [NH]c1ccc2c(c1)[nH]c(=O)n2-c1cccc(S(=O)(=O)O)c1. The van der Waals surface area contributed by atoms with E-state index in [4.69, 9.17) is 10.3 Å². The van der Waals surface area contributed by atoms with Crippen LogP contribution >= 0.6 is 0 Å². The molecule has 0 amide bonds. The van der Waals surface area contributed by atoms with Crippen molar-refractivity contribution < 1.29 is 13.0 Å². The number of rotatable bonds is 2. The highest BCUT2D eigenvalue weighted by Crippen LogP contribution is 2.20. The molecule has 1 heterocycles. The Morgan fingerprint density at radius 3 is 2.62 bits per heavy atom. The first-order valence-electron chi connectivity index (χ1n) is 5.90. The lowest BCUT2D eigenvalue weighted by Gasteiger charge is -2.05. The molecular formula is C13H10N3O4S. The van der Waals surface area contributed by atoms with E-state index < -0.39 is 15.8 Å². The highest BCUT2D eigenvalue weighted by atomic mass is 32.2. The van der Waals surface area contributed by atoms with Gasteiger partial charge in [-0.3, -0.25) is 9.12 Å². The smallest absolute Gasteiger partial charge is 0.305 e. The number of fused-ring (bicyclic) bond motifs is 1. The van der Waals surface area contributed by atoms with Gasteiger partial charge < -0.3 is 10.7 Å². The summed E-state index contributed by atoms with van der Waals surface area (Å²) in [4.78, 5) is 14.4. The van der Waals surface area contributed by atoms with Gasteiger partial charge >= 0.3 is 5.69 Å². The summed E-state index contributed by atoms with van der Waals surface area (Å²) in [5, 5.41) is 0. The second-order valence-electron chi connectivity index (χ2n) is 4.47. The third kappa shape index (κ3) is 2.30. The Kier molecular flexibility index (Phi) is 2.85. The molecule has 0 unspecified atom stereocenters. The Bertz CT molecular complexity index is 1000. The molecule has 3 aromatic rings. The number of nitrogens with one attached hydrogen (secondary N) is 2. The number of nitrogens with zero attached hydrogens (tertiary/aromatic N) is 1. The minimum absolute atomic E-state index is 0.252. The summed E-state index contributed by atoms with van der Waals surface area (Å²) >= 11 is 0. The fourth-order valence-corrected chi connectivity index (χ4v) is 2.67. The molecule has 0 aliphatic heterocycles. The van der Waals surface area contributed by atoms with Crippen LogP contribution in [0, 0.1) is 0 Å². The first kappa shape index (κ1) is 13.4. The zero-order valence-corrected chi connectivity index (χ0v) is 11.4.